The Morgan fingerprint density at radius 1 is 1.41 bits per heavy atom. The first-order valence-corrected chi connectivity index (χ1v) is 5.91. The molecule has 17 heavy (non-hydrogen) atoms. The van der Waals surface area contributed by atoms with Crippen molar-refractivity contribution in [3.8, 4) is 0 Å². The molecule has 0 aliphatic carbocycles. The molecule has 2 aliphatic rings. The summed E-state index contributed by atoms with van der Waals surface area (Å²) in [5.41, 5.74) is 6.04. The summed E-state index contributed by atoms with van der Waals surface area (Å²) in [4.78, 5) is 0. The second-order valence-electron chi connectivity index (χ2n) is 5.58. The van der Waals surface area contributed by atoms with Gasteiger partial charge < -0.3 is 25.1 Å². The van der Waals surface area contributed by atoms with Crippen molar-refractivity contribution in [2.24, 2.45) is 11.1 Å². The lowest BCUT2D eigenvalue weighted by Gasteiger charge is -2.38. The van der Waals surface area contributed by atoms with Crippen LogP contribution < -0.4 is 5.73 Å². The van der Waals surface area contributed by atoms with Crippen LogP contribution in [0.3, 0.4) is 0 Å². The molecule has 0 unspecified atom stereocenters. The summed E-state index contributed by atoms with van der Waals surface area (Å²) in [7, 11) is 0. The molecule has 0 aromatic rings. The molecule has 5 nitrogen and oxygen atoms in total. The Labute approximate surface area is 102 Å². The van der Waals surface area contributed by atoms with Gasteiger partial charge in [-0.2, -0.15) is 0 Å². The zero-order chi connectivity index (χ0) is 12.6. The van der Waals surface area contributed by atoms with Crippen molar-refractivity contribution in [2.45, 2.75) is 45.3 Å². The van der Waals surface area contributed by atoms with Crippen LogP contribution in [0, 0.1) is 5.41 Å². The van der Waals surface area contributed by atoms with Crippen LogP contribution >= 0.6 is 0 Å². The van der Waals surface area contributed by atoms with Gasteiger partial charge in [-0.25, -0.2) is 0 Å². The SMILES string of the molecule is CC1=C[C@H](O)[C@H]([C@H](N)C2OCC(C)(C)CO2)O1. The quantitative estimate of drug-likeness (QED) is 0.733. The highest BCUT2D eigenvalue weighted by atomic mass is 16.7. The molecule has 0 bridgehead atoms. The fourth-order valence-electron chi connectivity index (χ4n) is 2.05. The molecule has 3 atom stereocenters. The van der Waals surface area contributed by atoms with Crippen molar-refractivity contribution in [1.82, 2.24) is 0 Å². The average molecular weight is 243 g/mol. The van der Waals surface area contributed by atoms with E-state index in [2.05, 4.69) is 13.8 Å². The molecular weight excluding hydrogens is 222 g/mol. The van der Waals surface area contributed by atoms with Crippen molar-refractivity contribution in [3.63, 3.8) is 0 Å². The molecule has 1 fully saturated rings. The van der Waals surface area contributed by atoms with Crippen molar-refractivity contribution in [2.75, 3.05) is 13.2 Å². The van der Waals surface area contributed by atoms with Crippen molar-refractivity contribution < 1.29 is 19.3 Å². The highest BCUT2D eigenvalue weighted by molar-refractivity contribution is 5.08. The third kappa shape index (κ3) is 2.80. The third-order valence-electron chi connectivity index (χ3n) is 3.03. The Bertz CT molecular complexity index is 306. The van der Waals surface area contributed by atoms with Crippen LogP contribution in [0.25, 0.3) is 0 Å². The van der Waals surface area contributed by atoms with E-state index in [0.717, 1.165) is 0 Å². The lowest BCUT2D eigenvalue weighted by molar-refractivity contribution is -0.240. The standard InChI is InChI=1S/C12H21NO4/c1-7-4-8(14)10(17-7)9(13)11-15-5-12(2,3)6-16-11/h4,8-11,14H,5-6,13H2,1-3H3/t8-,9-,10+/m0/s1. The molecule has 1 saturated heterocycles. The van der Waals surface area contributed by atoms with Gasteiger partial charge in [-0.3, -0.25) is 0 Å². The number of ether oxygens (including phenoxy) is 3. The van der Waals surface area contributed by atoms with Gasteiger partial charge in [0, 0.05) is 5.41 Å². The Hall–Kier alpha value is -0.620. The highest BCUT2D eigenvalue weighted by Crippen LogP contribution is 2.27. The van der Waals surface area contributed by atoms with E-state index < -0.39 is 24.5 Å². The number of allylic oxidation sites excluding steroid dienone is 1. The topological polar surface area (TPSA) is 73.9 Å². The Morgan fingerprint density at radius 2 is 2.00 bits per heavy atom. The molecular formula is C12H21NO4. The summed E-state index contributed by atoms with van der Waals surface area (Å²) in [5.74, 6) is 0.689. The highest BCUT2D eigenvalue weighted by Gasteiger charge is 2.40. The second kappa shape index (κ2) is 4.57. The monoisotopic (exact) mass is 243 g/mol. The van der Waals surface area contributed by atoms with Crippen molar-refractivity contribution in [1.29, 1.82) is 0 Å². The number of hydrogen-bond acceptors (Lipinski definition) is 5. The van der Waals surface area contributed by atoms with Gasteiger partial charge in [0.05, 0.1) is 25.0 Å². The molecule has 0 saturated carbocycles. The summed E-state index contributed by atoms with van der Waals surface area (Å²) in [6, 6.07) is -0.491. The van der Waals surface area contributed by atoms with Crippen LogP contribution in [-0.2, 0) is 14.2 Å². The van der Waals surface area contributed by atoms with Gasteiger partial charge in [0.25, 0.3) is 0 Å². The maximum absolute atomic E-state index is 9.77. The van der Waals surface area contributed by atoms with Crippen molar-refractivity contribution in [3.05, 3.63) is 11.8 Å². The molecule has 2 heterocycles. The van der Waals surface area contributed by atoms with Gasteiger partial charge >= 0.3 is 0 Å². The number of aliphatic hydroxyl groups is 1. The number of hydrogen-bond donors (Lipinski definition) is 2. The molecule has 98 valence electrons. The third-order valence-corrected chi connectivity index (χ3v) is 3.03. The predicted molar refractivity (Wildman–Crippen MR) is 62.1 cm³/mol. The minimum Gasteiger partial charge on any atom is -0.490 e. The van der Waals surface area contributed by atoms with E-state index in [9.17, 15) is 5.11 Å². The molecule has 2 aliphatic heterocycles. The number of rotatable bonds is 2. The van der Waals surface area contributed by atoms with Gasteiger partial charge in [0.2, 0.25) is 0 Å². The number of nitrogens with two attached hydrogens (primary N) is 1. The average Bonchev–Trinajstić information content (AvgIpc) is 2.57. The molecule has 2 rings (SSSR count). The van der Waals surface area contributed by atoms with E-state index in [1.807, 2.05) is 0 Å². The smallest absolute Gasteiger partial charge is 0.176 e. The van der Waals surface area contributed by atoms with Crippen molar-refractivity contribution >= 4 is 0 Å². The van der Waals surface area contributed by atoms with E-state index in [-0.39, 0.29) is 5.41 Å². The molecule has 0 amide bonds. The lowest BCUT2D eigenvalue weighted by atomic mass is 9.95. The zero-order valence-electron chi connectivity index (χ0n) is 10.6. The van der Waals surface area contributed by atoms with E-state index in [4.69, 9.17) is 19.9 Å². The zero-order valence-corrected chi connectivity index (χ0v) is 10.6. The number of aliphatic hydroxyl groups excluding tert-OH is 1. The van der Waals surface area contributed by atoms with E-state index >= 15 is 0 Å². The van der Waals surface area contributed by atoms with Crippen LogP contribution in [0.5, 0.6) is 0 Å². The fraction of sp³-hybridized carbons (Fsp3) is 0.833. The predicted octanol–water partition coefficient (Wildman–Crippen LogP) is 0.376. The first-order valence-electron chi connectivity index (χ1n) is 5.91. The van der Waals surface area contributed by atoms with Crippen LogP contribution in [0.4, 0.5) is 0 Å². The summed E-state index contributed by atoms with van der Waals surface area (Å²) < 4.78 is 16.6. The van der Waals surface area contributed by atoms with Gasteiger partial charge in [0.1, 0.15) is 12.2 Å². The molecule has 0 radical (unpaired) electrons. The second-order valence-corrected chi connectivity index (χ2v) is 5.58. The first-order chi connectivity index (χ1) is 7.89. The summed E-state index contributed by atoms with van der Waals surface area (Å²) in [6.45, 7) is 7.13. The van der Waals surface area contributed by atoms with Gasteiger partial charge in [-0.05, 0) is 13.0 Å². The van der Waals surface area contributed by atoms with Crippen LogP contribution in [-0.4, -0.2) is 42.9 Å². The van der Waals surface area contributed by atoms with Crippen LogP contribution in [0.1, 0.15) is 20.8 Å². The minimum absolute atomic E-state index is 0.0134. The molecule has 0 aromatic carbocycles. The first kappa shape index (κ1) is 12.8. The van der Waals surface area contributed by atoms with Gasteiger partial charge in [0.15, 0.2) is 6.29 Å². The Balaban J connectivity index is 1.91. The normalized spacial score (nSPS) is 35.2. The van der Waals surface area contributed by atoms with E-state index in [1.54, 1.807) is 13.0 Å². The lowest BCUT2D eigenvalue weighted by Crippen LogP contribution is -2.54. The molecule has 5 heteroatoms. The summed E-state index contributed by atoms with van der Waals surface area (Å²) >= 11 is 0. The maximum Gasteiger partial charge on any atom is 0.176 e. The maximum atomic E-state index is 9.77. The summed E-state index contributed by atoms with van der Waals surface area (Å²) in [6.07, 6.45) is -0.0348. The van der Waals surface area contributed by atoms with E-state index in [0.29, 0.717) is 19.0 Å². The molecule has 0 aromatic heterocycles. The van der Waals surface area contributed by atoms with E-state index in [1.165, 1.54) is 0 Å². The minimum atomic E-state index is -0.688. The molecule has 0 spiro atoms. The fourth-order valence-corrected chi connectivity index (χ4v) is 2.05. The van der Waals surface area contributed by atoms with Gasteiger partial charge in [-0.15, -0.1) is 0 Å². The molecule has 3 N–H and O–H groups in total. The largest absolute Gasteiger partial charge is 0.490 e. The Morgan fingerprint density at radius 3 is 2.47 bits per heavy atom. The van der Waals surface area contributed by atoms with Gasteiger partial charge in [-0.1, -0.05) is 13.8 Å². The van der Waals surface area contributed by atoms with Crippen LogP contribution in [0.15, 0.2) is 11.8 Å². The summed E-state index contributed by atoms with van der Waals surface area (Å²) in [5, 5.41) is 9.77. The Kier molecular flexibility index (Phi) is 3.45. The van der Waals surface area contributed by atoms with Crippen LogP contribution in [0.2, 0.25) is 0 Å².